The van der Waals surface area contributed by atoms with E-state index in [2.05, 4.69) is 10.3 Å². The lowest BCUT2D eigenvalue weighted by Crippen LogP contribution is -2.59. The summed E-state index contributed by atoms with van der Waals surface area (Å²) in [5.74, 6) is -3.61. The molecule has 1 aliphatic rings. The number of nitrogens with one attached hydrogen (secondary N) is 1. The van der Waals surface area contributed by atoms with Crippen LogP contribution in [0, 0.1) is 5.92 Å². The van der Waals surface area contributed by atoms with Gasteiger partial charge in [-0.15, -0.1) is 0 Å². The molecule has 0 radical (unpaired) electrons. The number of nitrogens with zero attached hydrogens (tertiary/aromatic N) is 3. The van der Waals surface area contributed by atoms with Gasteiger partial charge in [-0.05, 0) is 24.3 Å². The molecule has 4 rings (SSSR count). The van der Waals surface area contributed by atoms with Crippen molar-refractivity contribution in [1.29, 1.82) is 0 Å². The quantitative estimate of drug-likeness (QED) is 0.589. The molecule has 164 valence electrons. The Morgan fingerprint density at radius 1 is 1.03 bits per heavy atom. The summed E-state index contributed by atoms with van der Waals surface area (Å²) >= 11 is 1.38. The molecule has 0 bridgehead atoms. The van der Waals surface area contributed by atoms with Crippen LogP contribution in [0.4, 0.5) is 10.5 Å². The Hall–Kier alpha value is -3.99. The number of carbonyl (C=O) groups is 4. The van der Waals surface area contributed by atoms with Gasteiger partial charge < -0.3 is 14.8 Å². The number of hydrogen-bond donors (Lipinski definition) is 1. The number of anilines is 1. The van der Waals surface area contributed by atoms with Crippen LogP contribution in [-0.2, 0) is 14.4 Å². The van der Waals surface area contributed by atoms with Crippen LogP contribution < -0.4 is 14.8 Å². The van der Waals surface area contributed by atoms with Crippen LogP contribution >= 0.6 is 11.3 Å². The molecule has 2 aromatic carbocycles. The van der Waals surface area contributed by atoms with Crippen molar-refractivity contribution in [2.45, 2.75) is 0 Å². The standard InChI is InChI=1S/C21H18N4O6S/c1-24-18(27)16(19(28)25(2)21(24)29)17(26)22-11-8-9-13(14(10-11)30-3)31-20-23-12-6-4-5-7-15(12)32-20/h4-10,16H,1-3H3,(H,22,26). The zero-order valence-electron chi connectivity index (χ0n) is 17.3. The molecule has 0 unspecified atom stereocenters. The molecule has 0 atom stereocenters. The molecule has 32 heavy (non-hydrogen) atoms. The van der Waals surface area contributed by atoms with Gasteiger partial charge in [-0.2, -0.15) is 0 Å². The number of para-hydroxylation sites is 1. The van der Waals surface area contributed by atoms with Crippen molar-refractivity contribution in [1.82, 2.24) is 14.8 Å². The topological polar surface area (TPSA) is 118 Å². The zero-order valence-corrected chi connectivity index (χ0v) is 18.1. The molecule has 1 aliphatic heterocycles. The van der Waals surface area contributed by atoms with E-state index in [9.17, 15) is 19.2 Å². The third kappa shape index (κ3) is 3.73. The van der Waals surface area contributed by atoms with E-state index >= 15 is 0 Å². The Morgan fingerprint density at radius 3 is 2.38 bits per heavy atom. The Bertz CT molecular complexity index is 1200. The highest BCUT2D eigenvalue weighted by molar-refractivity contribution is 7.20. The number of rotatable bonds is 5. The summed E-state index contributed by atoms with van der Waals surface area (Å²) in [6.45, 7) is 0. The maximum atomic E-state index is 12.7. The van der Waals surface area contributed by atoms with Crippen molar-refractivity contribution >= 4 is 51.0 Å². The molecule has 1 N–H and O–H groups in total. The minimum Gasteiger partial charge on any atom is -0.493 e. The second-order valence-electron chi connectivity index (χ2n) is 6.91. The van der Waals surface area contributed by atoms with Gasteiger partial charge in [0.2, 0.25) is 5.91 Å². The minimum atomic E-state index is -1.66. The summed E-state index contributed by atoms with van der Waals surface area (Å²) in [6, 6.07) is 11.4. The smallest absolute Gasteiger partial charge is 0.332 e. The van der Waals surface area contributed by atoms with Crippen LogP contribution in [-0.4, -0.2) is 59.7 Å². The van der Waals surface area contributed by atoms with Crippen molar-refractivity contribution in [2.75, 3.05) is 26.5 Å². The molecule has 1 saturated heterocycles. The third-order valence-corrected chi connectivity index (χ3v) is 5.81. The molecule has 0 saturated carbocycles. The van der Waals surface area contributed by atoms with Crippen LogP contribution in [0.5, 0.6) is 16.7 Å². The number of ether oxygens (including phenoxy) is 2. The Balaban J connectivity index is 1.53. The van der Waals surface area contributed by atoms with Crippen molar-refractivity contribution in [3.63, 3.8) is 0 Å². The fourth-order valence-electron chi connectivity index (χ4n) is 3.16. The van der Waals surface area contributed by atoms with Gasteiger partial charge in [0.25, 0.3) is 17.0 Å². The van der Waals surface area contributed by atoms with E-state index in [-0.39, 0.29) is 5.69 Å². The molecule has 5 amide bonds. The molecule has 1 fully saturated rings. The van der Waals surface area contributed by atoms with Crippen LogP contribution in [0.3, 0.4) is 0 Å². The second kappa shape index (κ2) is 8.27. The van der Waals surface area contributed by atoms with Gasteiger partial charge in [0.05, 0.1) is 17.3 Å². The van der Waals surface area contributed by atoms with Gasteiger partial charge in [-0.1, -0.05) is 23.5 Å². The summed E-state index contributed by atoms with van der Waals surface area (Å²) < 4.78 is 12.2. The molecule has 1 aromatic heterocycles. The lowest BCUT2D eigenvalue weighted by Gasteiger charge is -2.32. The number of barbiturate groups is 1. The van der Waals surface area contributed by atoms with Crippen molar-refractivity contribution < 1.29 is 28.7 Å². The SMILES string of the molecule is COc1cc(NC(=O)C2C(=O)N(C)C(=O)N(C)C2=O)ccc1Oc1nc2ccccc2s1. The first-order valence-corrected chi connectivity index (χ1v) is 10.2. The van der Waals surface area contributed by atoms with Gasteiger partial charge in [0.1, 0.15) is 0 Å². The highest BCUT2D eigenvalue weighted by Gasteiger charge is 2.46. The van der Waals surface area contributed by atoms with Crippen LogP contribution in [0.25, 0.3) is 10.2 Å². The number of amides is 5. The van der Waals surface area contributed by atoms with Gasteiger partial charge in [0, 0.05) is 25.8 Å². The number of benzene rings is 2. The first kappa shape index (κ1) is 21.2. The van der Waals surface area contributed by atoms with Gasteiger partial charge in [0.15, 0.2) is 17.4 Å². The van der Waals surface area contributed by atoms with E-state index < -0.39 is 29.7 Å². The van der Waals surface area contributed by atoms with E-state index in [0.29, 0.717) is 16.7 Å². The van der Waals surface area contributed by atoms with Crippen molar-refractivity contribution in [2.24, 2.45) is 5.92 Å². The molecule has 0 aliphatic carbocycles. The monoisotopic (exact) mass is 454 g/mol. The van der Waals surface area contributed by atoms with Crippen molar-refractivity contribution in [3.05, 3.63) is 42.5 Å². The molecule has 0 spiro atoms. The summed E-state index contributed by atoms with van der Waals surface area (Å²) in [7, 11) is 3.87. The number of fused-ring (bicyclic) bond motifs is 1. The van der Waals surface area contributed by atoms with Crippen LogP contribution in [0.1, 0.15) is 0 Å². The number of imide groups is 2. The fourth-order valence-corrected chi connectivity index (χ4v) is 3.99. The normalized spacial score (nSPS) is 14.8. The fraction of sp³-hybridized carbons (Fsp3) is 0.190. The Labute approximate surface area is 186 Å². The number of thiazole rings is 1. The predicted octanol–water partition coefficient (Wildman–Crippen LogP) is 2.70. The second-order valence-corrected chi connectivity index (χ2v) is 7.91. The zero-order chi connectivity index (χ0) is 23.0. The van der Waals surface area contributed by atoms with E-state index in [4.69, 9.17) is 9.47 Å². The lowest BCUT2D eigenvalue weighted by molar-refractivity contribution is -0.151. The molecular formula is C21H18N4O6S. The average molecular weight is 454 g/mol. The highest BCUT2D eigenvalue weighted by Crippen LogP contribution is 2.37. The summed E-state index contributed by atoms with van der Waals surface area (Å²) in [5, 5.41) is 2.95. The Morgan fingerprint density at radius 2 is 1.72 bits per heavy atom. The maximum absolute atomic E-state index is 12.7. The molecular weight excluding hydrogens is 436 g/mol. The van der Waals surface area contributed by atoms with E-state index in [0.717, 1.165) is 20.0 Å². The van der Waals surface area contributed by atoms with E-state index in [1.807, 2.05) is 24.3 Å². The molecule has 3 aromatic rings. The third-order valence-electron chi connectivity index (χ3n) is 4.89. The maximum Gasteiger partial charge on any atom is 0.332 e. The number of carbonyl (C=O) groups excluding carboxylic acids is 4. The van der Waals surface area contributed by atoms with Gasteiger partial charge in [-0.3, -0.25) is 24.2 Å². The minimum absolute atomic E-state index is 0.284. The summed E-state index contributed by atoms with van der Waals surface area (Å²) in [5.41, 5.74) is 1.09. The van der Waals surface area contributed by atoms with Gasteiger partial charge >= 0.3 is 6.03 Å². The predicted molar refractivity (Wildman–Crippen MR) is 116 cm³/mol. The number of methoxy groups -OCH3 is 1. The van der Waals surface area contributed by atoms with Crippen molar-refractivity contribution in [3.8, 4) is 16.7 Å². The number of urea groups is 1. The first-order chi connectivity index (χ1) is 15.3. The Kier molecular flexibility index (Phi) is 5.49. The van der Waals surface area contributed by atoms with E-state index in [1.165, 1.54) is 38.6 Å². The molecule has 11 heteroatoms. The van der Waals surface area contributed by atoms with E-state index in [1.54, 1.807) is 12.1 Å². The van der Waals surface area contributed by atoms with Gasteiger partial charge in [-0.25, -0.2) is 9.78 Å². The van der Waals surface area contributed by atoms with Crippen LogP contribution in [0.15, 0.2) is 42.5 Å². The van der Waals surface area contributed by atoms with Crippen LogP contribution in [0.2, 0.25) is 0 Å². The molecule has 10 nitrogen and oxygen atoms in total. The highest BCUT2D eigenvalue weighted by atomic mass is 32.1. The first-order valence-electron chi connectivity index (χ1n) is 9.41. The molecule has 2 heterocycles. The summed E-state index contributed by atoms with van der Waals surface area (Å²) in [4.78, 5) is 55.0. The number of aromatic nitrogens is 1. The largest absolute Gasteiger partial charge is 0.493 e. The summed E-state index contributed by atoms with van der Waals surface area (Å²) in [6.07, 6.45) is 0. The lowest BCUT2D eigenvalue weighted by atomic mass is 10.0. The number of hydrogen-bond acceptors (Lipinski definition) is 8. The average Bonchev–Trinajstić information content (AvgIpc) is 3.20.